The lowest BCUT2D eigenvalue weighted by atomic mass is 9.55. The summed E-state index contributed by atoms with van der Waals surface area (Å²) < 4.78 is 12.0. The van der Waals surface area contributed by atoms with Crippen molar-refractivity contribution in [3.63, 3.8) is 0 Å². The van der Waals surface area contributed by atoms with Crippen LogP contribution < -0.4 is 0 Å². The lowest BCUT2D eigenvalue weighted by molar-refractivity contribution is -0.231. The zero-order valence-corrected chi connectivity index (χ0v) is 15.8. The van der Waals surface area contributed by atoms with Crippen molar-refractivity contribution >= 4 is 11.9 Å². The third-order valence-corrected chi connectivity index (χ3v) is 6.53. The van der Waals surface area contributed by atoms with Gasteiger partial charge in [0.1, 0.15) is 11.2 Å². The van der Waals surface area contributed by atoms with Crippen LogP contribution >= 0.6 is 0 Å². The van der Waals surface area contributed by atoms with E-state index in [4.69, 9.17) is 9.47 Å². The van der Waals surface area contributed by atoms with Crippen molar-refractivity contribution in [3.8, 4) is 0 Å². The molecule has 0 amide bonds. The smallest absolute Gasteiger partial charge is 0.330 e. The maximum absolute atomic E-state index is 12.1. The zero-order valence-electron chi connectivity index (χ0n) is 15.8. The fourth-order valence-electron chi connectivity index (χ4n) is 4.84. The highest BCUT2D eigenvalue weighted by Gasteiger charge is 2.61. The number of hydrogen-bond acceptors (Lipinski definition) is 4. The van der Waals surface area contributed by atoms with Crippen LogP contribution in [0.1, 0.15) is 78.1 Å². The summed E-state index contributed by atoms with van der Waals surface area (Å²) in [6.45, 7) is 11.3. The van der Waals surface area contributed by atoms with E-state index >= 15 is 0 Å². The van der Waals surface area contributed by atoms with Gasteiger partial charge in [0, 0.05) is 17.6 Å². The molecule has 2 saturated carbocycles. The van der Waals surface area contributed by atoms with Gasteiger partial charge in [-0.25, -0.2) is 9.59 Å². The van der Waals surface area contributed by atoms with Crippen molar-refractivity contribution < 1.29 is 19.1 Å². The molecule has 0 spiro atoms. The maximum atomic E-state index is 12.1. The molecule has 4 heteroatoms. The van der Waals surface area contributed by atoms with E-state index in [9.17, 15) is 9.59 Å². The first kappa shape index (κ1) is 19.7. The van der Waals surface area contributed by atoms with Crippen molar-refractivity contribution in [2.75, 3.05) is 0 Å². The van der Waals surface area contributed by atoms with Crippen molar-refractivity contribution in [2.45, 2.75) is 89.3 Å². The van der Waals surface area contributed by atoms with Gasteiger partial charge in [-0.1, -0.05) is 39.8 Å². The van der Waals surface area contributed by atoms with Crippen LogP contribution in [0.4, 0.5) is 0 Å². The number of carbonyl (C=O) groups excluding carboxylic acids is 2. The fourth-order valence-corrected chi connectivity index (χ4v) is 4.84. The summed E-state index contributed by atoms with van der Waals surface area (Å²) in [5.41, 5.74) is -1.75. The van der Waals surface area contributed by atoms with Crippen molar-refractivity contribution in [1.29, 1.82) is 0 Å². The van der Waals surface area contributed by atoms with Crippen LogP contribution in [0.5, 0.6) is 0 Å². The first-order valence-corrected chi connectivity index (χ1v) is 9.53. The van der Waals surface area contributed by atoms with Crippen molar-refractivity contribution in [2.24, 2.45) is 5.41 Å². The minimum atomic E-state index is -0.630. The predicted molar refractivity (Wildman–Crippen MR) is 98.0 cm³/mol. The van der Waals surface area contributed by atoms with Crippen LogP contribution in [-0.4, -0.2) is 23.1 Å². The van der Waals surface area contributed by atoms with Gasteiger partial charge in [0.05, 0.1) is 0 Å². The third kappa shape index (κ3) is 3.68. The molecular formula is C21H32O4. The molecule has 0 N–H and O–H groups in total. The monoisotopic (exact) mass is 348 g/mol. The third-order valence-electron chi connectivity index (χ3n) is 6.53. The van der Waals surface area contributed by atoms with Gasteiger partial charge in [0.15, 0.2) is 0 Å². The highest BCUT2D eigenvalue weighted by atomic mass is 16.6. The SMILES string of the molecule is C=CC(=O)OC1(C(C)(C)C2(OC(=O)C=C)CCCCC2)CCCCC1. The molecule has 0 saturated heterocycles. The Morgan fingerprint density at radius 1 is 0.760 bits per heavy atom. The zero-order chi connectivity index (χ0) is 18.6. The molecule has 0 aromatic carbocycles. The molecule has 0 aromatic heterocycles. The van der Waals surface area contributed by atoms with Gasteiger partial charge < -0.3 is 9.47 Å². The highest BCUT2D eigenvalue weighted by molar-refractivity contribution is 5.82. The standard InChI is InChI=1S/C21H32O4/c1-5-17(22)24-20(13-9-7-10-14-20)19(3,4)21(25-18(23)6-2)15-11-8-12-16-21/h5-6H,1-2,7-16H2,3-4H3. The van der Waals surface area contributed by atoms with E-state index in [2.05, 4.69) is 27.0 Å². The number of hydrogen-bond donors (Lipinski definition) is 0. The van der Waals surface area contributed by atoms with Crippen LogP contribution in [-0.2, 0) is 19.1 Å². The quantitative estimate of drug-likeness (QED) is 0.507. The Bertz CT molecular complexity index is 474. The summed E-state index contributed by atoms with van der Waals surface area (Å²) in [5.74, 6) is -0.785. The van der Waals surface area contributed by atoms with Crippen molar-refractivity contribution in [1.82, 2.24) is 0 Å². The average molecular weight is 348 g/mol. The molecule has 25 heavy (non-hydrogen) atoms. The van der Waals surface area contributed by atoms with E-state index in [0.29, 0.717) is 0 Å². The van der Waals surface area contributed by atoms with Gasteiger partial charge in [0.2, 0.25) is 0 Å². The Hall–Kier alpha value is -1.58. The van der Waals surface area contributed by atoms with E-state index < -0.39 is 28.6 Å². The van der Waals surface area contributed by atoms with Crippen LogP contribution in [0.2, 0.25) is 0 Å². The Labute approximate surface area is 151 Å². The summed E-state index contributed by atoms with van der Waals surface area (Å²) in [6, 6.07) is 0. The minimum absolute atomic E-state index is 0.393. The molecule has 0 heterocycles. The van der Waals surface area contributed by atoms with Gasteiger partial charge in [-0.3, -0.25) is 0 Å². The van der Waals surface area contributed by atoms with Crippen LogP contribution in [0.15, 0.2) is 25.3 Å². The normalized spacial score (nSPS) is 22.5. The molecule has 2 aliphatic carbocycles. The molecule has 0 bridgehead atoms. The maximum Gasteiger partial charge on any atom is 0.330 e. The second-order valence-corrected chi connectivity index (χ2v) is 7.99. The Kier molecular flexibility index (Phi) is 6.12. The van der Waals surface area contributed by atoms with Gasteiger partial charge in [-0.15, -0.1) is 0 Å². The van der Waals surface area contributed by atoms with Gasteiger partial charge in [-0.2, -0.15) is 0 Å². The molecule has 0 unspecified atom stereocenters. The molecule has 0 aromatic rings. The predicted octanol–water partition coefficient (Wildman–Crippen LogP) is 4.88. The van der Waals surface area contributed by atoms with Crippen LogP contribution in [0.25, 0.3) is 0 Å². The molecule has 0 atom stereocenters. The average Bonchev–Trinajstić information content (AvgIpc) is 2.62. The highest BCUT2D eigenvalue weighted by Crippen LogP contribution is 2.56. The van der Waals surface area contributed by atoms with Crippen LogP contribution in [0, 0.1) is 5.41 Å². The van der Waals surface area contributed by atoms with E-state index in [1.807, 2.05) is 0 Å². The van der Waals surface area contributed by atoms with Gasteiger partial charge in [0.25, 0.3) is 0 Å². The van der Waals surface area contributed by atoms with Crippen LogP contribution in [0.3, 0.4) is 0 Å². The Balaban J connectivity index is 2.45. The second kappa shape index (κ2) is 7.76. The van der Waals surface area contributed by atoms with E-state index in [1.165, 1.54) is 12.2 Å². The largest absolute Gasteiger partial charge is 0.455 e. The van der Waals surface area contributed by atoms with E-state index in [0.717, 1.165) is 64.2 Å². The van der Waals surface area contributed by atoms with E-state index in [1.54, 1.807) is 0 Å². The number of rotatable bonds is 6. The summed E-state index contributed by atoms with van der Waals surface area (Å²) in [4.78, 5) is 24.3. The summed E-state index contributed by atoms with van der Waals surface area (Å²) in [6.07, 6.45) is 12.0. The number of ether oxygens (including phenoxy) is 2. The second-order valence-electron chi connectivity index (χ2n) is 7.99. The lowest BCUT2D eigenvalue weighted by Crippen LogP contribution is -2.63. The molecule has 4 nitrogen and oxygen atoms in total. The Morgan fingerprint density at radius 3 is 1.36 bits per heavy atom. The topological polar surface area (TPSA) is 52.6 Å². The first-order valence-electron chi connectivity index (χ1n) is 9.53. The molecule has 0 radical (unpaired) electrons. The van der Waals surface area contributed by atoms with Gasteiger partial charge in [-0.05, 0) is 51.4 Å². The molecule has 140 valence electrons. The van der Waals surface area contributed by atoms with Crippen molar-refractivity contribution in [3.05, 3.63) is 25.3 Å². The first-order chi connectivity index (χ1) is 11.8. The number of esters is 2. The molecule has 0 aliphatic heterocycles. The van der Waals surface area contributed by atoms with E-state index in [-0.39, 0.29) is 0 Å². The summed E-state index contributed by atoms with van der Waals surface area (Å²) in [7, 11) is 0. The summed E-state index contributed by atoms with van der Waals surface area (Å²) in [5, 5.41) is 0. The van der Waals surface area contributed by atoms with Gasteiger partial charge >= 0.3 is 11.9 Å². The lowest BCUT2D eigenvalue weighted by Gasteiger charge is -2.57. The molecule has 2 rings (SSSR count). The Morgan fingerprint density at radius 2 is 1.08 bits per heavy atom. The fraction of sp³-hybridized carbons (Fsp3) is 0.714. The number of carbonyl (C=O) groups is 2. The molecule has 2 fully saturated rings. The molecular weight excluding hydrogens is 316 g/mol. The summed E-state index contributed by atoms with van der Waals surface area (Å²) >= 11 is 0. The minimum Gasteiger partial charge on any atom is -0.455 e. The molecule has 2 aliphatic rings.